The zero-order valence-corrected chi connectivity index (χ0v) is 12.1. The van der Waals surface area contributed by atoms with Crippen LogP contribution in [-0.2, 0) is 9.09 Å². The standard InChI is InChI=1S/C17H15O2P/c1-19-20(18,15-10-3-2-4-11-15)17-13-7-9-14-8-5-6-12-16(14)17/h2-13H,1H3. The molecule has 0 aromatic heterocycles. The van der Waals surface area contributed by atoms with E-state index in [0.717, 1.165) is 21.4 Å². The third-order valence-electron chi connectivity index (χ3n) is 3.44. The largest absolute Gasteiger partial charge is 0.325 e. The summed E-state index contributed by atoms with van der Waals surface area (Å²) in [6, 6.07) is 23.1. The Morgan fingerprint density at radius 3 is 2.20 bits per heavy atom. The molecule has 0 N–H and O–H groups in total. The van der Waals surface area contributed by atoms with Crippen LogP contribution in [0, 0.1) is 0 Å². The summed E-state index contributed by atoms with van der Waals surface area (Å²) in [5.41, 5.74) is 0. The highest BCUT2D eigenvalue weighted by Gasteiger charge is 2.28. The average molecular weight is 282 g/mol. The van der Waals surface area contributed by atoms with Crippen molar-refractivity contribution in [2.75, 3.05) is 7.11 Å². The molecule has 0 heterocycles. The lowest BCUT2D eigenvalue weighted by Crippen LogP contribution is -2.17. The van der Waals surface area contributed by atoms with E-state index < -0.39 is 7.37 Å². The fourth-order valence-corrected chi connectivity index (χ4v) is 4.49. The predicted molar refractivity (Wildman–Crippen MR) is 84.3 cm³/mol. The smallest absolute Gasteiger partial charge is 0.261 e. The summed E-state index contributed by atoms with van der Waals surface area (Å²) in [6.45, 7) is 0. The Balaban J connectivity index is 2.30. The fraction of sp³-hybridized carbons (Fsp3) is 0.0588. The van der Waals surface area contributed by atoms with Crippen LogP contribution >= 0.6 is 7.37 Å². The number of rotatable bonds is 3. The Hall–Kier alpha value is -1.89. The molecule has 3 aromatic rings. The minimum Gasteiger partial charge on any atom is -0.325 e. The first kappa shape index (κ1) is 13.1. The first-order valence-electron chi connectivity index (χ1n) is 6.45. The molecule has 3 rings (SSSR count). The molecule has 100 valence electrons. The first-order valence-corrected chi connectivity index (χ1v) is 8.08. The SMILES string of the molecule is COP(=O)(c1ccccc1)c1cccc2ccccc12. The number of benzene rings is 3. The van der Waals surface area contributed by atoms with Crippen LogP contribution in [0.4, 0.5) is 0 Å². The summed E-state index contributed by atoms with van der Waals surface area (Å²) in [5, 5.41) is 3.52. The molecule has 1 unspecified atom stereocenters. The molecule has 0 aliphatic carbocycles. The summed E-state index contributed by atoms with van der Waals surface area (Å²) < 4.78 is 18.9. The lowest BCUT2D eigenvalue weighted by Gasteiger charge is -2.18. The molecule has 0 spiro atoms. The molecular weight excluding hydrogens is 267 g/mol. The molecule has 1 atom stereocenters. The Morgan fingerprint density at radius 2 is 1.45 bits per heavy atom. The van der Waals surface area contributed by atoms with Crippen LogP contribution in [0.2, 0.25) is 0 Å². The lowest BCUT2D eigenvalue weighted by atomic mass is 10.1. The first-order chi connectivity index (χ1) is 9.75. The third kappa shape index (κ3) is 2.07. The van der Waals surface area contributed by atoms with E-state index in [1.807, 2.05) is 72.8 Å². The Kier molecular flexibility index (Phi) is 3.43. The van der Waals surface area contributed by atoms with Gasteiger partial charge in [-0.05, 0) is 29.0 Å². The van der Waals surface area contributed by atoms with Crippen LogP contribution in [0.3, 0.4) is 0 Å². The molecule has 2 nitrogen and oxygen atoms in total. The topological polar surface area (TPSA) is 26.3 Å². The fourth-order valence-electron chi connectivity index (χ4n) is 2.43. The van der Waals surface area contributed by atoms with Crippen molar-refractivity contribution in [3.05, 3.63) is 72.8 Å². The van der Waals surface area contributed by atoms with Gasteiger partial charge < -0.3 is 4.52 Å². The van der Waals surface area contributed by atoms with E-state index >= 15 is 0 Å². The molecular formula is C17H15O2P. The highest BCUT2D eigenvalue weighted by molar-refractivity contribution is 7.74. The Morgan fingerprint density at radius 1 is 0.800 bits per heavy atom. The van der Waals surface area contributed by atoms with E-state index in [0.29, 0.717) is 0 Å². The van der Waals surface area contributed by atoms with Crippen LogP contribution in [0.15, 0.2) is 72.8 Å². The van der Waals surface area contributed by atoms with Gasteiger partial charge in [-0.15, -0.1) is 0 Å². The van der Waals surface area contributed by atoms with E-state index in [1.165, 1.54) is 7.11 Å². The van der Waals surface area contributed by atoms with Crippen molar-refractivity contribution in [2.45, 2.75) is 0 Å². The van der Waals surface area contributed by atoms with Crippen LogP contribution in [-0.4, -0.2) is 7.11 Å². The molecule has 0 aliphatic heterocycles. The molecule has 3 heteroatoms. The highest BCUT2D eigenvalue weighted by atomic mass is 31.2. The van der Waals surface area contributed by atoms with Crippen molar-refractivity contribution in [3.63, 3.8) is 0 Å². The van der Waals surface area contributed by atoms with Gasteiger partial charge in [0.05, 0.1) is 0 Å². The van der Waals surface area contributed by atoms with Gasteiger partial charge in [0.15, 0.2) is 0 Å². The van der Waals surface area contributed by atoms with Gasteiger partial charge in [0, 0.05) is 17.7 Å². The second-order valence-corrected chi connectivity index (χ2v) is 7.03. The van der Waals surface area contributed by atoms with Crippen molar-refractivity contribution in [1.29, 1.82) is 0 Å². The molecule has 0 fully saturated rings. The quantitative estimate of drug-likeness (QED) is 0.684. The third-order valence-corrected chi connectivity index (χ3v) is 5.95. The lowest BCUT2D eigenvalue weighted by molar-refractivity contribution is 0.412. The van der Waals surface area contributed by atoms with E-state index in [1.54, 1.807) is 0 Å². The highest BCUT2D eigenvalue weighted by Crippen LogP contribution is 2.45. The molecule has 0 radical (unpaired) electrons. The maximum atomic E-state index is 13.4. The zero-order chi connectivity index (χ0) is 14.0. The number of fused-ring (bicyclic) bond motifs is 1. The summed E-state index contributed by atoms with van der Waals surface area (Å²) >= 11 is 0. The molecule has 0 amide bonds. The van der Waals surface area contributed by atoms with Gasteiger partial charge in [-0.1, -0.05) is 54.6 Å². The summed E-state index contributed by atoms with van der Waals surface area (Å²) in [4.78, 5) is 0. The molecule has 3 aromatic carbocycles. The molecule has 0 saturated carbocycles. The average Bonchev–Trinajstić information content (AvgIpc) is 2.54. The Bertz CT molecular complexity index is 776. The van der Waals surface area contributed by atoms with Crippen LogP contribution < -0.4 is 10.6 Å². The van der Waals surface area contributed by atoms with Gasteiger partial charge in [0.2, 0.25) is 0 Å². The second-order valence-electron chi connectivity index (χ2n) is 4.57. The monoisotopic (exact) mass is 282 g/mol. The maximum Gasteiger partial charge on any atom is 0.261 e. The van der Waals surface area contributed by atoms with Gasteiger partial charge in [0.1, 0.15) is 0 Å². The van der Waals surface area contributed by atoms with Crippen molar-refractivity contribution in [1.82, 2.24) is 0 Å². The maximum absolute atomic E-state index is 13.4. The van der Waals surface area contributed by atoms with Gasteiger partial charge in [-0.2, -0.15) is 0 Å². The predicted octanol–water partition coefficient (Wildman–Crippen LogP) is 3.72. The minimum absolute atomic E-state index is 0.721. The van der Waals surface area contributed by atoms with Crippen LogP contribution in [0.1, 0.15) is 0 Å². The summed E-state index contributed by atoms with van der Waals surface area (Å²) in [5.74, 6) is 0. The van der Waals surface area contributed by atoms with E-state index in [2.05, 4.69) is 0 Å². The van der Waals surface area contributed by atoms with Gasteiger partial charge in [-0.25, -0.2) is 0 Å². The zero-order valence-electron chi connectivity index (χ0n) is 11.2. The van der Waals surface area contributed by atoms with Crippen LogP contribution in [0.25, 0.3) is 10.8 Å². The van der Waals surface area contributed by atoms with Crippen molar-refractivity contribution < 1.29 is 9.09 Å². The van der Waals surface area contributed by atoms with E-state index in [-0.39, 0.29) is 0 Å². The Labute approximate surface area is 118 Å². The second kappa shape index (κ2) is 5.24. The van der Waals surface area contributed by atoms with Gasteiger partial charge in [-0.3, -0.25) is 4.57 Å². The molecule has 0 aliphatic rings. The molecule has 0 bridgehead atoms. The van der Waals surface area contributed by atoms with Gasteiger partial charge >= 0.3 is 0 Å². The van der Waals surface area contributed by atoms with Crippen molar-refractivity contribution in [2.24, 2.45) is 0 Å². The van der Waals surface area contributed by atoms with Crippen LogP contribution in [0.5, 0.6) is 0 Å². The number of hydrogen-bond donors (Lipinski definition) is 0. The molecule has 0 saturated heterocycles. The minimum atomic E-state index is -3.05. The van der Waals surface area contributed by atoms with Crippen molar-refractivity contribution >= 4 is 28.8 Å². The molecule has 20 heavy (non-hydrogen) atoms. The van der Waals surface area contributed by atoms with Crippen molar-refractivity contribution in [3.8, 4) is 0 Å². The normalized spacial score (nSPS) is 14.1. The van der Waals surface area contributed by atoms with E-state index in [4.69, 9.17) is 4.52 Å². The number of hydrogen-bond acceptors (Lipinski definition) is 2. The van der Waals surface area contributed by atoms with E-state index in [9.17, 15) is 4.57 Å². The summed E-state index contributed by atoms with van der Waals surface area (Å²) in [6.07, 6.45) is 0. The summed E-state index contributed by atoms with van der Waals surface area (Å²) in [7, 11) is -1.54. The van der Waals surface area contributed by atoms with Gasteiger partial charge in [0.25, 0.3) is 7.37 Å².